The number of ether oxygens (including phenoxy) is 3. The minimum absolute atomic E-state index is 0.0176. The predicted molar refractivity (Wildman–Crippen MR) is 80.0 cm³/mol. The summed E-state index contributed by atoms with van der Waals surface area (Å²) in [4.78, 5) is 11.5. The summed E-state index contributed by atoms with van der Waals surface area (Å²) < 4.78 is 133. The van der Waals surface area contributed by atoms with Crippen molar-refractivity contribution < 1.29 is 58.5 Å². The molecule has 1 fully saturated rings. The fourth-order valence-electron chi connectivity index (χ4n) is 2.27. The van der Waals surface area contributed by atoms with E-state index >= 15 is 0 Å². The van der Waals surface area contributed by atoms with Crippen LogP contribution >= 0.6 is 0 Å². The van der Waals surface area contributed by atoms with Gasteiger partial charge in [0.1, 0.15) is 11.5 Å². The van der Waals surface area contributed by atoms with Crippen LogP contribution in [0, 0.1) is 0 Å². The Hall–Kier alpha value is -2.71. The molecule has 1 N–H and O–H groups in total. The van der Waals surface area contributed by atoms with E-state index < -0.39 is 35.6 Å². The number of amides is 1. The van der Waals surface area contributed by atoms with Gasteiger partial charge in [-0.15, -0.1) is 0 Å². The molecule has 1 aliphatic heterocycles. The number of carbonyl (C=O) groups is 1. The predicted octanol–water partition coefficient (Wildman–Crippen LogP) is 3.35. The lowest BCUT2D eigenvalue weighted by Crippen LogP contribution is -2.64. The third-order valence-corrected chi connectivity index (χ3v) is 3.93. The molecule has 0 aliphatic carbocycles. The highest BCUT2D eigenvalue weighted by molar-refractivity contribution is 5.88. The lowest BCUT2D eigenvalue weighted by molar-refractivity contribution is -0.367. The lowest BCUT2D eigenvalue weighted by Gasteiger charge is -2.31. The fraction of sp³-hybridized carbons (Fsp3) is 0.467. The Morgan fingerprint density at radius 2 is 1.67 bits per heavy atom. The number of hydrazone groups is 1. The van der Waals surface area contributed by atoms with Crippen LogP contribution < -0.4 is 14.9 Å². The standard InChI is InChI=1S/C15H11F9N2O4/c1-28-8-3-4-9(29-2)7(5-8)6-25-26-10(27)11(16,17)14(22)12(18,19)13(20,21)15(23,24)30-14/h3-6H,1-2H3,(H,26,27)/b25-6+. The average Bonchev–Trinajstić information content (AvgIpc) is 2.75. The number of hydrogen-bond donors (Lipinski definition) is 1. The Morgan fingerprint density at radius 3 is 2.13 bits per heavy atom. The summed E-state index contributed by atoms with van der Waals surface area (Å²) in [5, 5.41) is 2.93. The van der Waals surface area contributed by atoms with E-state index in [4.69, 9.17) is 9.47 Å². The van der Waals surface area contributed by atoms with Crippen LogP contribution in [-0.4, -0.2) is 56.1 Å². The summed E-state index contributed by atoms with van der Waals surface area (Å²) in [5.74, 6) is -28.8. The molecule has 0 bridgehead atoms. The zero-order chi connectivity index (χ0) is 23.2. The van der Waals surface area contributed by atoms with Crippen LogP contribution in [0.15, 0.2) is 23.3 Å². The third-order valence-electron chi connectivity index (χ3n) is 3.93. The summed E-state index contributed by atoms with van der Waals surface area (Å²) in [6, 6.07) is 3.96. The number of halogens is 9. The first-order valence-electron chi connectivity index (χ1n) is 7.55. The summed E-state index contributed by atoms with van der Waals surface area (Å²) in [5.41, 5.74) is 0.878. The van der Waals surface area contributed by atoms with Gasteiger partial charge in [0.25, 0.3) is 0 Å². The average molecular weight is 454 g/mol. The number of rotatable bonds is 6. The number of carbonyl (C=O) groups excluding carboxylic acids is 1. The third kappa shape index (κ3) is 3.20. The fourth-order valence-corrected chi connectivity index (χ4v) is 2.27. The normalized spacial score (nSPS) is 24.6. The molecule has 0 saturated carbocycles. The number of methoxy groups -OCH3 is 2. The maximum absolute atomic E-state index is 14.0. The number of nitrogens with zero attached hydrogens (tertiary/aromatic N) is 1. The molecule has 1 unspecified atom stereocenters. The number of nitrogens with one attached hydrogen (secondary N) is 1. The second kappa shape index (κ2) is 7.21. The van der Waals surface area contributed by atoms with Gasteiger partial charge in [-0.1, -0.05) is 0 Å². The Kier molecular flexibility index (Phi) is 5.66. The zero-order valence-corrected chi connectivity index (χ0v) is 14.8. The van der Waals surface area contributed by atoms with Gasteiger partial charge in [-0.25, -0.2) is 5.43 Å². The van der Waals surface area contributed by atoms with E-state index in [2.05, 4.69) is 9.84 Å². The molecular weight excluding hydrogens is 443 g/mol. The highest BCUT2D eigenvalue weighted by Crippen LogP contribution is 2.64. The van der Waals surface area contributed by atoms with Crippen molar-refractivity contribution in [1.82, 2.24) is 5.43 Å². The van der Waals surface area contributed by atoms with Gasteiger partial charge in [0.2, 0.25) is 0 Å². The summed E-state index contributed by atoms with van der Waals surface area (Å²) in [6.45, 7) is 0. The minimum atomic E-state index is -6.77. The number of benzene rings is 1. The van der Waals surface area contributed by atoms with Crippen molar-refractivity contribution >= 4 is 12.1 Å². The maximum Gasteiger partial charge on any atom is 0.428 e. The van der Waals surface area contributed by atoms with Crippen molar-refractivity contribution in [2.45, 2.75) is 29.7 Å². The quantitative estimate of drug-likeness (QED) is 0.407. The number of hydrogen-bond acceptors (Lipinski definition) is 5. The molecule has 168 valence electrons. The van der Waals surface area contributed by atoms with Gasteiger partial charge in [-0.05, 0) is 18.2 Å². The Morgan fingerprint density at radius 1 is 1.07 bits per heavy atom. The van der Waals surface area contributed by atoms with Crippen molar-refractivity contribution in [3.8, 4) is 11.5 Å². The van der Waals surface area contributed by atoms with Crippen LogP contribution in [0.5, 0.6) is 11.5 Å². The smallest absolute Gasteiger partial charge is 0.428 e. The summed E-state index contributed by atoms with van der Waals surface area (Å²) >= 11 is 0. The van der Waals surface area contributed by atoms with Gasteiger partial charge < -0.3 is 9.47 Å². The van der Waals surface area contributed by atoms with E-state index in [1.807, 2.05) is 0 Å². The first-order valence-corrected chi connectivity index (χ1v) is 7.55. The van der Waals surface area contributed by atoms with Gasteiger partial charge in [0.15, 0.2) is 0 Å². The Labute approximate surface area is 161 Å². The van der Waals surface area contributed by atoms with Crippen molar-refractivity contribution in [3.63, 3.8) is 0 Å². The second-order valence-electron chi connectivity index (χ2n) is 5.74. The molecule has 1 saturated heterocycles. The SMILES string of the molecule is COc1ccc(OC)c(/C=N/NC(=O)C(F)(F)C2(F)OC(F)(F)C(F)(F)C2(F)F)c1. The Balaban J connectivity index is 2.30. The van der Waals surface area contributed by atoms with Crippen molar-refractivity contribution in [2.75, 3.05) is 14.2 Å². The van der Waals surface area contributed by atoms with E-state index in [0.717, 1.165) is 5.43 Å². The zero-order valence-electron chi connectivity index (χ0n) is 14.8. The highest BCUT2D eigenvalue weighted by Gasteiger charge is 2.96. The molecule has 1 aromatic carbocycles. The van der Waals surface area contributed by atoms with Crippen LogP contribution in [0.1, 0.15) is 5.56 Å². The molecule has 30 heavy (non-hydrogen) atoms. The molecule has 0 aromatic heterocycles. The molecule has 0 spiro atoms. The maximum atomic E-state index is 14.0. The first kappa shape index (κ1) is 23.6. The van der Waals surface area contributed by atoms with E-state index in [-0.39, 0.29) is 17.1 Å². The van der Waals surface area contributed by atoms with Gasteiger partial charge in [0.05, 0.1) is 20.4 Å². The van der Waals surface area contributed by atoms with Crippen molar-refractivity contribution in [2.24, 2.45) is 5.10 Å². The molecular formula is C15H11F9N2O4. The summed E-state index contributed by atoms with van der Waals surface area (Å²) in [7, 11) is 2.46. The molecule has 1 aliphatic rings. The van der Waals surface area contributed by atoms with E-state index in [1.165, 1.54) is 32.4 Å². The summed E-state index contributed by atoms with van der Waals surface area (Å²) in [6.07, 6.45) is -5.71. The molecule has 1 aromatic rings. The van der Waals surface area contributed by atoms with Crippen molar-refractivity contribution in [1.29, 1.82) is 0 Å². The van der Waals surface area contributed by atoms with E-state index in [1.54, 1.807) is 0 Å². The van der Waals surface area contributed by atoms with Crippen molar-refractivity contribution in [3.05, 3.63) is 23.8 Å². The molecule has 2 rings (SSSR count). The topological polar surface area (TPSA) is 69.2 Å². The van der Waals surface area contributed by atoms with Gasteiger partial charge >= 0.3 is 35.6 Å². The molecule has 1 amide bonds. The number of alkyl halides is 9. The molecule has 1 heterocycles. The lowest BCUT2D eigenvalue weighted by atomic mass is 9.99. The van der Waals surface area contributed by atoms with Crippen LogP contribution in [-0.2, 0) is 9.53 Å². The largest absolute Gasteiger partial charge is 0.497 e. The van der Waals surface area contributed by atoms with Gasteiger partial charge in [-0.2, -0.15) is 44.6 Å². The van der Waals surface area contributed by atoms with Crippen LogP contribution in [0.4, 0.5) is 39.5 Å². The van der Waals surface area contributed by atoms with Gasteiger partial charge in [-0.3, -0.25) is 9.53 Å². The monoisotopic (exact) mass is 454 g/mol. The molecule has 0 radical (unpaired) electrons. The molecule has 15 heteroatoms. The van der Waals surface area contributed by atoms with E-state index in [0.29, 0.717) is 6.21 Å². The van der Waals surface area contributed by atoms with Crippen LogP contribution in [0.3, 0.4) is 0 Å². The Bertz CT molecular complexity index is 863. The minimum Gasteiger partial charge on any atom is -0.497 e. The highest BCUT2D eigenvalue weighted by atomic mass is 19.4. The molecule has 6 nitrogen and oxygen atoms in total. The first-order chi connectivity index (χ1) is 13.6. The van der Waals surface area contributed by atoms with Gasteiger partial charge in [0, 0.05) is 5.56 Å². The van der Waals surface area contributed by atoms with E-state index in [9.17, 15) is 44.3 Å². The second-order valence-corrected chi connectivity index (χ2v) is 5.74. The van der Waals surface area contributed by atoms with Crippen LogP contribution in [0.25, 0.3) is 0 Å². The molecule has 1 atom stereocenters. The van der Waals surface area contributed by atoms with Crippen LogP contribution in [0.2, 0.25) is 0 Å².